The Bertz CT molecular complexity index is 1220. The maximum Gasteiger partial charge on any atom is 0.282 e. The summed E-state index contributed by atoms with van der Waals surface area (Å²) >= 11 is 0. The van der Waals surface area contributed by atoms with Crippen LogP contribution in [0.25, 0.3) is 17.0 Å². The second-order valence-corrected chi connectivity index (χ2v) is 10.2. The van der Waals surface area contributed by atoms with Gasteiger partial charge >= 0.3 is 0 Å². The molecule has 4 rings (SSSR count). The molecule has 12 heteroatoms. The molecule has 3 atom stereocenters. The first-order chi connectivity index (χ1) is 15.1. The average molecular weight is 466 g/mol. The zero-order chi connectivity index (χ0) is 23.0. The van der Waals surface area contributed by atoms with Gasteiger partial charge in [-0.05, 0) is 37.3 Å². The highest BCUT2D eigenvalue weighted by Gasteiger charge is 2.33. The molecule has 172 valence electrons. The number of alkyl halides is 2. The van der Waals surface area contributed by atoms with E-state index in [9.17, 15) is 17.2 Å². The van der Waals surface area contributed by atoms with Gasteiger partial charge in [0.05, 0.1) is 18.1 Å². The Morgan fingerprint density at radius 2 is 2.00 bits per heavy atom. The number of sulfonamides is 1. The third kappa shape index (κ3) is 4.70. The van der Waals surface area contributed by atoms with Crippen LogP contribution in [0.5, 0.6) is 0 Å². The molecule has 0 spiro atoms. The summed E-state index contributed by atoms with van der Waals surface area (Å²) in [7, 11) is -3.28. The van der Waals surface area contributed by atoms with Crippen molar-refractivity contribution in [2.24, 2.45) is 11.8 Å². The average Bonchev–Trinajstić information content (AvgIpc) is 3.17. The van der Waals surface area contributed by atoms with Crippen molar-refractivity contribution in [3.8, 4) is 11.4 Å². The van der Waals surface area contributed by atoms with Gasteiger partial charge in [-0.1, -0.05) is 6.92 Å². The highest BCUT2D eigenvalue weighted by atomic mass is 32.2. The monoisotopic (exact) mass is 465 g/mol. The van der Waals surface area contributed by atoms with E-state index in [4.69, 9.17) is 0 Å². The first-order valence-corrected chi connectivity index (χ1v) is 12.2. The minimum Gasteiger partial charge on any atom is -0.353 e. The zero-order valence-electron chi connectivity index (χ0n) is 18.0. The Morgan fingerprint density at radius 3 is 2.72 bits per heavy atom. The fraction of sp³-hybridized carbons (Fsp3) is 0.500. The first kappa shape index (κ1) is 22.5. The number of nitrogens with zero attached hydrogens (tertiary/aromatic N) is 6. The van der Waals surface area contributed by atoms with Crippen LogP contribution >= 0.6 is 0 Å². The van der Waals surface area contributed by atoms with Gasteiger partial charge in [0.25, 0.3) is 6.43 Å². The molecule has 0 aliphatic carbocycles. The van der Waals surface area contributed by atoms with Crippen LogP contribution in [-0.4, -0.2) is 58.4 Å². The Kier molecular flexibility index (Phi) is 6.08. The number of hydrogen-bond donors (Lipinski definition) is 1. The molecular formula is C20H25F2N7O2S. The number of piperidine rings is 1. The topological polar surface area (TPSA) is 105 Å². The second-order valence-electron chi connectivity index (χ2n) is 8.35. The first-order valence-electron chi connectivity index (χ1n) is 10.3. The molecule has 0 radical (unpaired) electrons. The summed E-state index contributed by atoms with van der Waals surface area (Å²) < 4.78 is 53.3. The van der Waals surface area contributed by atoms with E-state index in [2.05, 4.69) is 36.6 Å². The predicted molar refractivity (Wildman–Crippen MR) is 116 cm³/mol. The van der Waals surface area contributed by atoms with Gasteiger partial charge < -0.3 is 4.90 Å². The number of fused-ring (bicyclic) bond motifs is 1. The molecule has 3 aromatic rings. The van der Waals surface area contributed by atoms with Gasteiger partial charge in [0.1, 0.15) is 23.5 Å². The number of aromatic nitrogens is 5. The molecule has 1 aliphatic heterocycles. The number of halogens is 2. The second kappa shape index (κ2) is 8.66. The molecule has 1 fully saturated rings. The third-order valence-corrected chi connectivity index (χ3v) is 6.50. The van der Waals surface area contributed by atoms with Gasteiger partial charge in [0.15, 0.2) is 5.65 Å². The fourth-order valence-corrected chi connectivity index (χ4v) is 4.70. The summed E-state index contributed by atoms with van der Waals surface area (Å²) in [5, 5.41) is 4.00. The van der Waals surface area contributed by atoms with Crippen LogP contribution in [0.2, 0.25) is 0 Å². The number of hydrogen-bond acceptors (Lipinski definition) is 7. The van der Waals surface area contributed by atoms with Crippen LogP contribution in [-0.2, 0) is 10.0 Å². The fourth-order valence-electron chi connectivity index (χ4n) is 4.18. The quantitative estimate of drug-likeness (QED) is 0.596. The standard InChI is InChI=1S/C20H25F2N7O2S/c1-12-6-14(8-26-32(3,30)31)13(2)28(10-12)19-7-16(24-11-25-19)17-9-23-18-5-4-15(20(21)22)27-29(17)18/h4-5,7,9,11-14,20,26H,6,8,10H2,1-3H3. The van der Waals surface area contributed by atoms with Crippen molar-refractivity contribution in [1.29, 1.82) is 0 Å². The Balaban J connectivity index is 1.65. The van der Waals surface area contributed by atoms with Crippen molar-refractivity contribution in [3.63, 3.8) is 0 Å². The van der Waals surface area contributed by atoms with E-state index in [1.807, 2.05) is 6.92 Å². The smallest absolute Gasteiger partial charge is 0.282 e. The summed E-state index contributed by atoms with van der Waals surface area (Å²) in [5.74, 6) is 1.12. The van der Waals surface area contributed by atoms with Crippen LogP contribution < -0.4 is 9.62 Å². The molecule has 0 bridgehead atoms. The van der Waals surface area contributed by atoms with Gasteiger partial charge in [-0.15, -0.1) is 0 Å². The molecule has 9 nitrogen and oxygen atoms in total. The number of anilines is 1. The molecule has 1 saturated heterocycles. The van der Waals surface area contributed by atoms with Crippen LogP contribution in [0, 0.1) is 11.8 Å². The van der Waals surface area contributed by atoms with Gasteiger partial charge in [0.2, 0.25) is 10.0 Å². The SMILES string of the molecule is CC1CC(CNS(C)(=O)=O)C(C)N(c2cc(-c3cnc4ccc(C(F)F)nn34)ncn2)C1. The summed E-state index contributed by atoms with van der Waals surface area (Å²) in [6.45, 7) is 5.28. The predicted octanol–water partition coefficient (Wildman–Crippen LogP) is 2.52. The van der Waals surface area contributed by atoms with Gasteiger partial charge in [-0.3, -0.25) is 0 Å². The van der Waals surface area contributed by atoms with Crippen LogP contribution in [0.1, 0.15) is 32.4 Å². The Labute approximate surface area is 184 Å². The summed E-state index contributed by atoms with van der Waals surface area (Å²) in [5.41, 5.74) is 1.10. The van der Waals surface area contributed by atoms with Crippen molar-refractivity contribution in [2.45, 2.75) is 32.7 Å². The van der Waals surface area contributed by atoms with Crippen molar-refractivity contribution in [2.75, 3.05) is 24.2 Å². The van der Waals surface area contributed by atoms with Gasteiger partial charge in [-0.25, -0.2) is 41.4 Å². The van der Waals surface area contributed by atoms with Crippen LogP contribution in [0.4, 0.5) is 14.6 Å². The van der Waals surface area contributed by atoms with E-state index in [1.165, 1.54) is 23.0 Å². The van der Waals surface area contributed by atoms with Crippen molar-refractivity contribution < 1.29 is 17.2 Å². The van der Waals surface area contributed by atoms with Gasteiger partial charge in [-0.2, -0.15) is 5.10 Å². The number of imidazole rings is 1. The lowest BCUT2D eigenvalue weighted by Gasteiger charge is -2.43. The molecule has 32 heavy (non-hydrogen) atoms. The number of nitrogens with one attached hydrogen (secondary N) is 1. The molecule has 0 amide bonds. The minimum absolute atomic E-state index is 0.0361. The van der Waals surface area contributed by atoms with Crippen molar-refractivity contribution in [3.05, 3.63) is 36.4 Å². The zero-order valence-corrected chi connectivity index (χ0v) is 18.8. The lowest BCUT2D eigenvalue weighted by molar-refractivity contribution is 0.144. The molecule has 0 aromatic carbocycles. The van der Waals surface area contributed by atoms with E-state index in [0.717, 1.165) is 19.2 Å². The highest BCUT2D eigenvalue weighted by Crippen LogP contribution is 2.32. The van der Waals surface area contributed by atoms with Crippen molar-refractivity contribution >= 4 is 21.5 Å². The molecule has 3 aromatic heterocycles. The summed E-state index contributed by atoms with van der Waals surface area (Å²) in [6.07, 6.45) is 2.33. The maximum absolute atomic E-state index is 13.1. The Morgan fingerprint density at radius 1 is 1.22 bits per heavy atom. The maximum atomic E-state index is 13.1. The summed E-state index contributed by atoms with van der Waals surface area (Å²) in [4.78, 5) is 15.1. The molecule has 4 heterocycles. The third-order valence-electron chi connectivity index (χ3n) is 5.81. The van der Waals surface area contributed by atoms with E-state index in [-0.39, 0.29) is 17.7 Å². The molecule has 1 aliphatic rings. The summed E-state index contributed by atoms with van der Waals surface area (Å²) in [6, 6.07) is 4.57. The van der Waals surface area contributed by atoms with Crippen molar-refractivity contribution in [1.82, 2.24) is 29.3 Å². The molecule has 3 unspecified atom stereocenters. The lowest BCUT2D eigenvalue weighted by atomic mass is 9.84. The van der Waals surface area contributed by atoms with E-state index < -0.39 is 16.4 Å². The molecular weight excluding hydrogens is 440 g/mol. The number of rotatable bonds is 6. The Hall–Kier alpha value is -2.73. The van der Waals surface area contributed by atoms with E-state index >= 15 is 0 Å². The molecule has 1 N–H and O–H groups in total. The lowest BCUT2D eigenvalue weighted by Crippen LogP contribution is -2.50. The normalized spacial score (nSPS) is 22.1. The van der Waals surface area contributed by atoms with Crippen LogP contribution in [0.3, 0.4) is 0 Å². The van der Waals surface area contributed by atoms with E-state index in [1.54, 1.807) is 12.3 Å². The highest BCUT2D eigenvalue weighted by molar-refractivity contribution is 7.88. The van der Waals surface area contributed by atoms with Gasteiger partial charge in [0, 0.05) is 25.2 Å². The molecule has 0 saturated carbocycles. The van der Waals surface area contributed by atoms with Crippen LogP contribution in [0.15, 0.2) is 30.7 Å². The van der Waals surface area contributed by atoms with E-state index in [0.29, 0.717) is 35.3 Å². The minimum atomic E-state index is -3.28. The largest absolute Gasteiger partial charge is 0.353 e.